The average molecular weight is 762 g/mol. The smallest absolute Gasteiger partial charge is 0.135 e. The van der Waals surface area contributed by atoms with Crippen molar-refractivity contribution >= 4 is 50.8 Å². The van der Waals surface area contributed by atoms with Crippen LogP contribution in [-0.4, -0.2) is 0 Å². The van der Waals surface area contributed by atoms with Gasteiger partial charge in [0.25, 0.3) is 0 Å². The molecule has 0 radical (unpaired) electrons. The summed E-state index contributed by atoms with van der Waals surface area (Å²) in [5.41, 5.74) is 14.6. The van der Waals surface area contributed by atoms with E-state index in [4.69, 9.17) is 4.42 Å². The maximum absolute atomic E-state index is 6.30. The Labute approximate surface area is 341 Å². The molecule has 6 aliphatic rings. The molecule has 57 heavy (non-hydrogen) atoms. The fourth-order valence-corrected chi connectivity index (χ4v) is 14.1. The van der Waals surface area contributed by atoms with Crippen molar-refractivity contribution in [3.63, 3.8) is 0 Å². The van der Waals surface area contributed by atoms with E-state index in [1.54, 1.807) is 11.1 Å². The highest BCUT2D eigenvalue weighted by atomic mass is 32.2. The summed E-state index contributed by atoms with van der Waals surface area (Å²) < 4.78 is 6.30. The van der Waals surface area contributed by atoms with Crippen LogP contribution in [0.15, 0.2) is 142 Å². The third kappa shape index (κ3) is 5.03. The minimum atomic E-state index is 0.112. The van der Waals surface area contributed by atoms with Gasteiger partial charge in [0.2, 0.25) is 0 Å². The fourth-order valence-electron chi connectivity index (χ4n) is 12.9. The van der Waals surface area contributed by atoms with Crippen LogP contribution in [0.4, 0.5) is 17.1 Å². The molecule has 13 rings (SSSR count). The first kappa shape index (κ1) is 34.3. The highest BCUT2D eigenvalue weighted by molar-refractivity contribution is 7.99. The van der Waals surface area contributed by atoms with E-state index in [1.165, 1.54) is 88.4 Å². The van der Waals surface area contributed by atoms with Crippen molar-refractivity contribution in [1.82, 2.24) is 0 Å². The maximum Gasteiger partial charge on any atom is 0.135 e. The van der Waals surface area contributed by atoms with Crippen LogP contribution in [0.1, 0.15) is 94.9 Å². The Bertz CT molecular complexity index is 2720. The SMILES string of the molecule is CC1(C)CCC(C)(C)c2cc(N(c3ccc(-c4ccc5c(c4)C4(c6ccccc6S5)C5CC6CC(C5)CC4C6)cc3)c3ccc4oc5ccccc5c4c3)ccc21. The predicted octanol–water partition coefficient (Wildman–Crippen LogP) is 15.3. The van der Waals surface area contributed by atoms with Crippen molar-refractivity contribution in [2.45, 2.75) is 98.7 Å². The molecule has 4 bridgehead atoms. The van der Waals surface area contributed by atoms with Gasteiger partial charge in [-0.05, 0) is 180 Å². The lowest BCUT2D eigenvalue weighted by Gasteiger charge is -2.63. The molecule has 0 saturated heterocycles. The van der Waals surface area contributed by atoms with Crippen LogP contribution < -0.4 is 4.90 Å². The standard InChI is InChI=1S/C54H51NOS/c1-52(2)23-24-53(3,4)46-32-41(18-20-44(46)52)55(40-19-21-49-43(31-40)42-9-5-7-11-48(42)56-49)39-16-13-35(14-17-39)36-15-22-51-47(30-36)54(45-10-6-8-12-50(45)57-51)37-26-33-25-34(28-37)29-38(54)27-33/h5-22,30-34,37-38H,23-29H2,1-4H3. The van der Waals surface area contributed by atoms with Crippen LogP contribution in [0.2, 0.25) is 0 Å². The molecule has 4 saturated carbocycles. The van der Waals surface area contributed by atoms with Gasteiger partial charge in [-0.15, -0.1) is 0 Å². The summed E-state index contributed by atoms with van der Waals surface area (Å²) in [5.74, 6) is 3.36. The van der Waals surface area contributed by atoms with Crippen LogP contribution >= 0.6 is 11.8 Å². The molecule has 5 aliphatic carbocycles. The zero-order valence-electron chi connectivity index (χ0n) is 33.6. The van der Waals surface area contributed by atoms with E-state index >= 15 is 0 Å². The Balaban J connectivity index is 0.981. The normalized spacial score (nSPS) is 26.0. The van der Waals surface area contributed by atoms with E-state index in [0.29, 0.717) is 0 Å². The third-order valence-corrected chi connectivity index (χ3v) is 16.7. The molecule has 4 fully saturated rings. The summed E-state index contributed by atoms with van der Waals surface area (Å²) in [5, 5.41) is 2.31. The van der Waals surface area contributed by atoms with E-state index in [0.717, 1.165) is 51.3 Å². The summed E-state index contributed by atoms with van der Waals surface area (Å²) in [6, 6.07) is 48.8. The lowest BCUT2D eigenvalue weighted by molar-refractivity contribution is -0.0443. The minimum Gasteiger partial charge on any atom is -0.456 e. The number of nitrogens with zero attached hydrogens (tertiary/aromatic N) is 1. The van der Waals surface area contributed by atoms with Gasteiger partial charge in [0.1, 0.15) is 11.2 Å². The van der Waals surface area contributed by atoms with E-state index in [9.17, 15) is 0 Å². The Morgan fingerprint density at radius 1 is 0.491 bits per heavy atom. The Hall–Kier alpha value is -4.73. The lowest BCUT2D eigenvalue weighted by atomic mass is 9.42. The van der Waals surface area contributed by atoms with Gasteiger partial charge in [-0.2, -0.15) is 0 Å². The number of hydrogen-bond acceptors (Lipinski definition) is 3. The first-order valence-electron chi connectivity index (χ1n) is 21.5. The largest absolute Gasteiger partial charge is 0.456 e. The van der Waals surface area contributed by atoms with Gasteiger partial charge in [-0.25, -0.2) is 0 Å². The van der Waals surface area contributed by atoms with Gasteiger partial charge in [-0.3, -0.25) is 0 Å². The van der Waals surface area contributed by atoms with E-state index in [2.05, 4.69) is 160 Å². The molecule has 0 N–H and O–H groups in total. The number of furan rings is 1. The molecule has 0 atom stereocenters. The quantitative estimate of drug-likeness (QED) is 0.178. The van der Waals surface area contributed by atoms with Gasteiger partial charge < -0.3 is 9.32 Å². The van der Waals surface area contributed by atoms with Gasteiger partial charge >= 0.3 is 0 Å². The van der Waals surface area contributed by atoms with Gasteiger partial charge in [0.05, 0.1) is 0 Å². The molecule has 1 spiro atoms. The van der Waals surface area contributed by atoms with Crippen molar-refractivity contribution in [3.8, 4) is 11.1 Å². The van der Waals surface area contributed by atoms with Crippen molar-refractivity contribution in [3.05, 3.63) is 150 Å². The number of benzene rings is 6. The second kappa shape index (κ2) is 12.1. The Kier molecular flexibility index (Phi) is 7.32. The second-order valence-electron chi connectivity index (χ2n) is 19.6. The lowest BCUT2D eigenvalue weighted by Crippen LogP contribution is -2.57. The molecule has 0 unspecified atom stereocenters. The summed E-state index contributed by atoms with van der Waals surface area (Å²) in [6.07, 6.45) is 9.47. The number of rotatable bonds is 4. The monoisotopic (exact) mass is 761 g/mol. The number of fused-ring (bicyclic) bond motifs is 6. The van der Waals surface area contributed by atoms with E-state index in [1.807, 2.05) is 11.8 Å². The zero-order chi connectivity index (χ0) is 38.3. The second-order valence-corrected chi connectivity index (χ2v) is 20.7. The molecule has 2 heterocycles. The summed E-state index contributed by atoms with van der Waals surface area (Å²) in [6.45, 7) is 9.68. The number of para-hydroxylation sites is 1. The molecule has 1 aromatic heterocycles. The fraction of sp³-hybridized carbons (Fsp3) is 0.333. The van der Waals surface area contributed by atoms with Crippen LogP contribution in [0.5, 0.6) is 0 Å². The summed E-state index contributed by atoms with van der Waals surface area (Å²) in [4.78, 5) is 5.44. The van der Waals surface area contributed by atoms with Crippen LogP contribution in [0.3, 0.4) is 0 Å². The number of anilines is 3. The van der Waals surface area contributed by atoms with E-state index < -0.39 is 0 Å². The van der Waals surface area contributed by atoms with Crippen LogP contribution in [0.25, 0.3) is 33.1 Å². The summed E-state index contributed by atoms with van der Waals surface area (Å²) in [7, 11) is 0. The molecule has 3 heteroatoms. The minimum absolute atomic E-state index is 0.112. The van der Waals surface area contributed by atoms with Crippen LogP contribution in [0, 0.1) is 23.7 Å². The predicted molar refractivity (Wildman–Crippen MR) is 238 cm³/mol. The number of hydrogen-bond donors (Lipinski definition) is 0. The Morgan fingerprint density at radius 2 is 1.11 bits per heavy atom. The van der Waals surface area contributed by atoms with Crippen molar-refractivity contribution < 1.29 is 4.42 Å². The van der Waals surface area contributed by atoms with Crippen molar-refractivity contribution in [1.29, 1.82) is 0 Å². The zero-order valence-corrected chi connectivity index (χ0v) is 34.5. The van der Waals surface area contributed by atoms with Gasteiger partial charge in [-0.1, -0.05) is 100 Å². The summed E-state index contributed by atoms with van der Waals surface area (Å²) >= 11 is 2.00. The molecule has 284 valence electrons. The highest BCUT2D eigenvalue weighted by Crippen LogP contribution is 2.69. The first-order chi connectivity index (χ1) is 27.7. The Morgan fingerprint density at radius 3 is 1.89 bits per heavy atom. The molecular weight excluding hydrogens is 711 g/mol. The average Bonchev–Trinajstić information content (AvgIpc) is 3.59. The third-order valence-electron chi connectivity index (χ3n) is 15.6. The van der Waals surface area contributed by atoms with Crippen molar-refractivity contribution in [2.75, 3.05) is 4.90 Å². The van der Waals surface area contributed by atoms with Crippen molar-refractivity contribution in [2.24, 2.45) is 23.7 Å². The molecular formula is C54H51NOS. The van der Waals surface area contributed by atoms with Gasteiger partial charge in [0.15, 0.2) is 0 Å². The van der Waals surface area contributed by atoms with Crippen LogP contribution in [-0.2, 0) is 16.2 Å². The van der Waals surface area contributed by atoms with Gasteiger partial charge in [0, 0.05) is 43.0 Å². The maximum atomic E-state index is 6.30. The molecule has 6 aromatic carbocycles. The molecule has 1 aliphatic heterocycles. The first-order valence-corrected chi connectivity index (χ1v) is 22.4. The topological polar surface area (TPSA) is 16.4 Å². The molecule has 0 amide bonds. The molecule has 2 nitrogen and oxygen atoms in total. The molecule has 7 aromatic rings. The highest BCUT2D eigenvalue weighted by Gasteiger charge is 2.60. The van der Waals surface area contributed by atoms with E-state index in [-0.39, 0.29) is 16.2 Å².